The van der Waals surface area contributed by atoms with Gasteiger partial charge in [-0.1, -0.05) is 84.9 Å². The molecule has 0 aliphatic heterocycles. The average Bonchev–Trinajstić information content (AvgIpc) is 3.86. The zero-order chi connectivity index (χ0) is 33.5. The predicted octanol–water partition coefficient (Wildman–Crippen LogP) is 11.3. The highest BCUT2D eigenvalue weighted by molar-refractivity contribution is 6.19. The fourth-order valence-corrected chi connectivity index (χ4v) is 7.98. The number of fused-ring (bicyclic) bond motifs is 9. The molecule has 0 unspecified atom stereocenters. The second-order valence-corrected chi connectivity index (χ2v) is 12.9. The molecular weight excluding hydrogens is 627 g/mol. The average molecular weight is 654 g/mol. The standard InChI is InChI=1S/C45H27N5O/c1-3-11-30(12-4-1)49-37-17-9-7-15-32(37)34-23-28(19-21-39(34)49)36-25-46-26-41-43(36)44-42(51-41)27-47-48-45(44)29-20-22-40-35(24-29)33-16-8-10-18-38(33)50(40)31-13-5-2-6-14-31/h1-27H. The van der Waals surface area contributed by atoms with Gasteiger partial charge < -0.3 is 13.6 Å². The first kappa shape index (κ1) is 27.9. The van der Waals surface area contributed by atoms with Crippen LogP contribution in [0.5, 0.6) is 0 Å². The molecule has 0 radical (unpaired) electrons. The predicted molar refractivity (Wildman–Crippen MR) is 207 cm³/mol. The van der Waals surface area contributed by atoms with Crippen LogP contribution in [0.25, 0.3) is 99.3 Å². The molecule has 5 aromatic heterocycles. The van der Waals surface area contributed by atoms with E-state index in [1.54, 1.807) is 12.4 Å². The largest absolute Gasteiger partial charge is 0.453 e. The number of hydrogen-bond acceptors (Lipinski definition) is 4. The lowest BCUT2D eigenvalue weighted by molar-refractivity contribution is 0.663. The van der Waals surface area contributed by atoms with Crippen molar-refractivity contribution in [2.45, 2.75) is 0 Å². The van der Waals surface area contributed by atoms with Crippen molar-refractivity contribution in [2.24, 2.45) is 0 Å². The molecule has 0 fully saturated rings. The van der Waals surface area contributed by atoms with Crippen LogP contribution in [0.15, 0.2) is 169 Å². The van der Waals surface area contributed by atoms with Crippen LogP contribution in [-0.2, 0) is 0 Å². The maximum absolute atomic E-state index is 6.44. The Labute approximate surface area is 291 Å². The van der Waals surface area contributed by atoms with Gasteiger partial charge in [-0.3, -0.25) is 4.98 Å². The molecule has 238 valence electrons. The van der Waals surface area contributed by atoms with Crippen LogP contribution in [-0.4, -0.2) is 24.3 Å². The number of nitrogens with zero attached hydrogens (tertiary/aromatic N) is 5. The second kappa shape index (κ2) is 10.7. The third-order valence-corrected chi connectivity index (χ3v) is 10.2. The van der Waals surface area contributed by atoms with E-state index < -0.39 is 0 Å². The van der Waals surface area contributed by atoms with Crippen molar-refractivity contribution in [2.75, 3.05) is 0 Å². The van der Waals surface area contributed by atoms with Gasteiger partial charge >= 0.3 is 0 Å². The summed E-state index contributed by atoms with van der Waals surface area (Å²) < 4.78 is 11.1. The summed E-state index contributed by atoms with van der Waals surface area (Å²) in [6.07, 6.45) is 5.44. The highest BCUT2D eigenvalue weighted by Gasteiger charge is 2.21. The normalized spacial score (nSPS) is 11.9. The smallest absolute Gasteiger partial charge is 0.157 e. The Hall–Kier alpha value is -7.05. The van der Waals surface area contributed by atoms with Crippen LogP contribution >= 0.6 is 0 Å². The van der Waals surface area contributed by atoms with E-state index in [9.17, 15) is 0 Å². The molecule has 0 N–H and O–H groups in total. The van der Waals surface area contributed by atoms with Crippen LogP contribution < -0.4 is 0 Å². The first-order valence-corrected chi connectivity index (χ1v) is 17.0. The van der Waals surface area contributed by atoms with Gasteiger partial charge in [-0.15, -0.1) is 5.10 Å². The van der Waals surface area contributed by atoms with E-state index in [2.05, 4.69) is 165 Å². The molecule has 11 rings (SSSR count). The molecule has 6 aromatic carbocycles. The number of aromatic nitrogens is 5. The quantitative estimate of drug-likeness (QED) is 0.190. The summed E-state index contributed by atoms with van der Waals surface area (Å²) in [7, 11) is 0. The van der Waals surface area contributed by atoms with Gasteiger partial charge in [0.05, 0.1) is 39.8 Å². The Morgan fingerprint density at radius 3 is 1.61 bits per heavy atom. The van der Waals surface area contributed by atoms with Crippen molar-refractivity contribution in [3.05, 3.63) is 164 Å². The van der Waals surface area contributed by atoms with Gasteiger partial charge in [-0.05, 0) is 66.2 Å². The molecule has 51 heavy (non-hydrogen) atoms. The van der Waals surface area contributed by atoms with Gasteiger partial charge in [0, 0.05) is 55.6 Å². The molecule has 0 saturated heterocycles. The number of rotatable bonds is 4. The lowest BCUT2D eigenvalue weighted by atomic mass is 9.97. The van der Waals surface area contributed by atoms with Crippen molar-refractivity contribution in [3.63, 3.8) is 0 Å². The van der Waals surface area contributed by atoms with Crippen LogP contribution in [0, 0.1) is 0 Å². The van der Waals surface area contributed by atoms with Gasteiger partial charge in [-0.25, -0.2) is 0 Å². The van der Waals surface area contributed by atoms with Crippen molar-refractivity contribution in [3.8, 4) is 33.8 Å². The maximum atomic E-state index is 6.44. The number of furan rings is 1. The molecule has 0 saturated carbocycles. The molecule has 6 nitrogen and oxygen atoms in total. The Bertz CT molecular complexity index is 2920. The van der Waals surface area contributed by atoms with Gasteiger partial charge in [0.15, 0.2) is 11.2 Å². The van der Waals surface area contributed by atoms with E-state index in [1.807, 2.05) is 6.20 Å². The minimum Gasteiger partial charge on any atom is -0.453 e. The Balaban J connectivity index is 1.15. The molecule has 6 heteroatoms. The third-order valence-electron chi connectivity index (χ3n) is 10.2. The first-order valence-electron chi connectivity index (χ1n) is 17.0. The highest BCUT2D eigenvalue weighted by atomic mass is 16.3. The summed E-state index contributed by atoms with van der Waals surface area (Å²) in [4.78, 5) is 4.65. The lowest BCUT2D eigenvalue weighted by Crippen LogP contribution is -1.93. The molecule has 0 aliphatic rings. The van der Waals surface area contributed by atoms with Crippen LogP contribution in [0.1, 0.15) is 0 Å². The molecule has 0 spiro atoms. The van der Waals surface area contributed by atoms with Gasteiger partial charge in [-0.2, -0.15) is 5.10 Å². The molecule has 5 heterocycles. The zero-order valence-corrected chi connectivity index (χ0v) is 27.2. The van der Waals surface area contributed by atoms with Crippen LogP contribution in [0.2, 0.25) is 0 Å². The number of benzene rings is 6. The molecule has 0 amide bonds. The molecule has 0 bridgehead atoms. The Morgan fingerprint density at radius 2 is 0.961 bits per heavy atom. The van der Waals surface area contributed by atoms with Crippen LogP contribution in [0.3, 0.4) is 0 Å². The minimum atomic E-state index is 0.679. The summed E-state index contributed by atoms with van der Waals surface area (Å²) >= 11 is 0. The van der Waals surface area contributed by atoms with Crippen LogP contribution in [0.4, 0.5) is 0 Å². The lowest BCUT2D eigenvalue weighted by Gasteiger charge is -2.09. The molecule has 0 atom stereocenters. The fraction of sp³-hybridized carbons (Fsp3) is 0. The SMILES string of the molecule is c1ccc(-n2c3ccccc3c3cc(-c4cncc5oc6cnnc(-c7ccc8c(c7)c7ccccc7n8-c7ccccc7)c6c45)ccc32)cc1. The summed E-state index contributed by atoms with van der Waals surface area (Å²) in [5.74, 6) is 0. The summed E-state index contributed by atoms with van der Waals surface area (Å²) in [6.45, 7) is 0. The fourth-order valence-electron chi connectivity index (χ4n) is 7.98. The Kier molecular flexibility index (Phi) is 5.86. The van der Waals surface area contributed by atoms with Gasteiger partial charge in [0.25, 0.3) is 0 Å². The monoisotopic (exact) mass is 653 g/mol. The van der Waals surface area contributed by atoms with Gasteiger partial charge in [0.1, 0.15) is 5.69 Å². The second-order valence-electron chi connectivity index (χ2n) is 12.9. The minimum absolute atomic E-state index is 0.679. The number of pyridine rings is 1. The van der Waals surface area contributed by atoms with E-state index in [4.69, 9.17) is 9.52 Å². The van der Waals surface area contributed by atoms with E-state index in [-0.39, 0.29) is 0 Å². The first-order chi connectivity index (χ1) is 25.3. The van der Waals surface area contributed by atoms with Crippen molar-refractivity contribution in [1.29, 1.82) is 0 Å². The Morgan fingerprint density at radius 1 is 0.431 bits per heavy atom. The van der Waals surface area contributed by atoms with Crippen molar-refractivity contribution in [1.82, 2.24) is 24.3 Å². The van der Waals surface area contributed by atoms with E-state index in [1.165, 1.54) is 21.7 Å². The highest BCUT2D eigenvalue weighted by Crippen LogP contribution is 2.43. The zero-order valence-electron chi connectivity index (χ0n) is 27.2. The van der Waals surface area contributed by atoms with Crippen molar-refractivity contribution < 1.29 is 4.42 Å². The maximum Gasteiger partial charge on any atom is 0.157 e. The van der Waals surface area contributed by atoms with E-state index >= 15 is 0 Å². The van der Waals surface area contributed by atoms with E-state index in [0.717, 1.165) is 66.5 Å². The summed E-state index contributed by atoms with van der Waals surface area (Å²) in [5.41, 5.74) is 12.0. The number of hydrogen-bond donors (Lipinski definition) is 0. The summed E-state index contributed by atoms with van der Waals surface area (Å²) in [5, 5.41) is 15.8. The topological polar surface area (TPSA) is 61.7 Å². The van der Waals surface area contributed by atoms with Gasteiger partial charge in [0.2, 0.25) is 0 Å². The summed E-state index contributed by atoms with van der Waals surface area (Å²) in [6, 6.07) is 51.5. The van der Waals surface area contributed by atoms with Crippen molar-refractivity contribution >= 4 is 65.6 Å². The molecular formula is C45H27N5O. The van der Waals surface area contributed by atoms with E-state index in [0.29, 0.717) is 11.2 Å². The molecule has 11 aromatic rings. The third kappa shape index (κ3) is 4.07. The molecule has 0 aliphatic carbocycles. The number of para-hydroxylation sites is 4.